The van der Waals surface area contributed by atoms with Crippen LogP contribution in [0.15, 0.2) is 0 Å². The Morgan fingerprint density at radius 1 is 1.33 bits per heavy atom. The summed E-state index contributed by atoms with van der Waals surface area (Å²) in [5.74, 6) is 0. The second-order valence-electron chi connectivity index (χ2n) is 3.34. The third-order valence-corrected chi connectivity index (χ3v) is 1.85. The summed E-state index contributed by atoms with van der Waals surface area (Å²) in [6.45, 7) is 2.30. The number of hydrogen-bond donors (Lipinski definition) is 1. The largest absolute Gasteiger partial charge is 0.411 e. The molecule has 0 heterocycles. The van der Waals surface area contributed by atoms with Crippen molar-refractivity contribution in [3.8, 4) is 0 Å². The lowest BCUT2D eigenvalue weighted by Crippen LogP contribution is -2.22. The monoisotopic (exact) mass is 247 g/mol. The second kappa shape index (κ2) is 8.19. The molecule has 0 radical (unpaired) electrons. The van der Waals surface area contributed by atoms with Gasteiger partial charge in [0.05, 0.1) is 0 Å². The standard InChI is InChI=1S/C9H17ClF3NO/c1-8(10)3-5-14-4-2-6-15-7-9(11,12)13/h8,14H,2-7H2,1H3. The van der Waals surface area contributed by atoms with Crippen LogP contribution in [0, 0.1) is 0 Å². The van der Waals surface area contributed by atoms with E-state index in [4.69, 9.17) is 11.6 Å². The summed E-state index contributed by atoms with van der Waals surface area (Å²) in [6, 6.07) is 0. The summed E-state index contributed by atoms with van der Waals surface area (Å²) in [7, 11) is 0. The van der Waals surface area contributed by atoms with Crippen molar-refractivity contribution in [2.45, 2.75) is 31.3 Å². The number of alkyl halides is 4. The normalized spacial score (nSPS) is 14.2. The van der Waals surface area contributed by atoms with E-state index in [1.165, 1.54) is 0 Å². The zero-order chi connectivity index (χ0) is 11.7. The first-order valence-corrected chi connectivity index (χ1v) is 5.35. The van der Waals surface area contributed by atoms with Crippen molar-refractivity contribution in [3.05, 3.63) is 0 Å². The highest BCUT2D eigenvalue weighted by molar-refractivity contribution is 6.20. The molecular weight excluding hydrogens is 231 g/mol. The van der Waals surface area contributed by atoms with Gasteiger partial charge in [0.1, 0.15) is 6.61 Å². The molecule has 1 unspecified atom stereocenters. The summed E-state index contributed by atoms with van der Waals surface area (Å²) in [5.41, 5.74) is 0. The first-order valence-electron chi connectivity index (χ1n) is 4.91. The van der Waals surface area contributed by atoms with Crippen LogP contribution in [0.4, 0.5) is 13.2 Å². The fourth-order valence-corrected chi connectivity index (χ4v) is 1.02. The van der Waals surface area contributed by atoms with Crippen molar-refractivity contribution in [1.82, 2.24) is 5.32 Å². The molecule has 0 saturated carbocycles. The molecule has 0 saturated heterocycles. The first-order chi connectivity index (χ1) is 6.92. The summed E-state index contributed by atoms with van der Waals surface area (Å²) < 4.78 is 39.3. The average molecular weight is 248 g/mol. The van der Waals surface area contributed by atoms with Gasteiger partial charge in [0, 0.05) is 12.0 Å². The smallest absolute Gasteiger partial charge is 0.372 e. The van der Waals surface area contributed by atoms with Gasteiger partial charge < -0.3 is 10.1 Å². The van der Waals surface area contributed by atoms with E-state index in [1.807, 2.05) is 6.92 Å². The summed E-state index contributed by atoms with van der Waals surface area (Å²) in [4.78, 5) is 0. The topological polar surface area (TPSA) is 21.3 Å². The maximum Gasteiger partial charge on any atom is 0.411 e. The molecule has 0 aliphatic heterocycles. The van der Waals surface area contributed by atoms with Gasteiger partial charge in [-0.15, -0.1) is 11.6 Å². The molecule has 0 bridgehead atoms. The predicted molar refractivity (Wildman–Crippen MR) is 54.3 cm³/mol. The van der Waals surface area contributed by atoms with Crippen molar-refractivity contribution >= 4 is 11.6 Å². The minimum atomic E-state index is -4.22. The average Bonchev–Trinajstić information content (AvgIpc) is 2.07. The van der Waals surface area contributed by atoms with Crippen LogP contribution < -0.4 is 5.32 Å². The molecule has 0 aromatic heterocycles. The molecule has 0 rings (SSSR count). The van der Waals surface area contributed by atoms with Gasteiger partial charge in [-0.25, -0.2) is 0 Å². The Labute approximate surface area is 93.1 Å². The van der Waals surface area contributed by atoms with E-state index in [0.717, 1.165) is 13.0 Å². The van der Waals surface area contributed by atoms with Crippen molar-refractivity contribution in [2.75, 3.05) is 26.3 Å². The van der Waals surface area contributed by atoms with Crippen LogP contribution >= 0.6 is 11.6 Å². The molecule has 0 aliphatic rings. The van der Waals surface area contributed by atoms with Gasteiger partial charge in [0.25, 0.3) is 0 Å². The molecule has 2 nitrogen and oxygen atoms in total. The molecular formula is C9H17ClF3NO. The molecule has 0 aromatic carbocycles. The van der Waals surface area contributed by atoms with E-state index in [2.05, 4.69) is 10.1 Å². The number of halogens is 4. The van der Waals surface area contributed by atoms with E-state index < -0.39 is 12.8 Å². The van der Waals surface area contributed by atoms with Gasteiger partial charge in [-0.3, -0.25) is 0 Å². The Kier molecular flexibility index (Phi) is 8.19. The Bertz CT molecular complexity index is 153. The highest BCUT2D eigenvalue weighted by Crippen LogP contribution is 2.14. The van der Waals surface area contributed by atoms with E-state index >= 15 is 0 Å². The van der Waals surface area contributed by atoms with Crippen LogP contribution in [-0.2, 0) is 4.74 Å². The third kappa shape index (κ3) is 14.0. The fourth-order valence-electron chi connectivity index (χ4n) is 0.913. The van der Waals surface area contributed by atoms with Crippen LogP contribution in [0.3, 0.4) is 0 Å². The van der Waals surface area contributed by atoms with E-state index in [0.29, 0.717) is 13.0 Å². The lowest BCUT2D eigenvalue weighted by Gasteiger charge is -2.08. The predicted octanol–water partition coefficient (Wildman–Crippen LogP) is 2.56. The van der Waals surface area contributed by atoms with Crippen LogP contribution in [0.2, 0.25) is 0 Å². The molecule has 92 valence electrons. The van der Waals surface area contributed by atoms with Gasteiger partial charge in [-0.05, 0) is 32.9 Å². The summed E-state index contributed by atoms with van der Waals surface area (Å²) >= 11 is 5.70. The highest BCUT2D eigenvalue weighted by atomic mass is 35.5. The molecule has 0 spiro atoms. The number of rotatable bonds is 8. The molecule has 0 amide bonds. The molecule has 0 fully saturated rings. The molecule has 0 aliphatic carbocycles. The lowest BCUT2D eigenvalue weighted by atomic mass is 10.3. The Morgan fingerprint density at radius 2 is 2.00 bits per heavy atom. The van der Waals surface area contributed by atoms with Crippen molar-refractivity contribution in [1.29, 1.82) is 0 Å². The van der Waals surface area contributed by atoms with Gasteiger partial charge in [-0.2, -0.15) is 13.2 Å². The quantitative estimate of drug-likeness (QED) is 0.526. The third-order valence-electron chi connectivity index (χ3n) is 1.63. The van der Waals surface area contributed by atoms with Crippen LogP contribution in [0.5, 0.6) is 0 Å². The number of nitrogens with one attached hydrogen (secondary N) is 1. The minimum Gasteiger partial charge on any atom is -0.372 e. The maximum absolute atomic E-state index is 11.6. The fraction of sp³-hybridized carbons (Fsp3) is 1.00. The van der Waals surface area contributed by atoms with Crippen molar-refractivity contribution in [3.63, 3.8) is 0 Å². The van der Waals surface area contributed by atoms with E-state index in [1.54, 1.807) is 0 Å². The van der Waals surface area contributed by atoms with E-state index in [-0.39, 0.29) is 12.0 Å². The zero-order valence-electron chi connectivity index (χ0n) is 8.74. The van der Waals surface area contributed by atoms with Gasteiger partial charge >= 0.3 is 6.18 Å². The lowest BCUT2D eigenvalue weighted by molar-refractivity contribution is -0.173. The van der Waals surface area contributed by atoms with Gasteiger partial charge in [0.2, 0.25) is 0 Å². The minimum absolute atomic E-state index is 0.124. The van der Waals surface area contributed by atoms with Crippen molar-refractivity contribution in [2.24, 2.45) is 0 Å². The van der Waals surface area contributed by atoms with Crippen LogP contribution in [0.25, 0.3) is 0 Å². The zero-order valence-corrected chi connectivity index (χ0v) is 9.50. The summed E-state index contributed by atoms with van der Waals surface area (Å²) in [6.07, 6.45) is -2.79. The Hall–Kier alpha value is -0.0000000000000000555. The maximum atomic E-state index is 11.6. The Balaban J connectivity index is 3.06. The van der Waals surface area contributed by atoms with Crippen LogP contribution in [0.1, 0.15) is 19.8 Å². The highest BCUT2D eigenvalue weighted by Gasteiger charge is 2.26. The Morgan fingerprint density at radius 3 is 2.53 bits per heavy atom. The molecule has 6 heteroatoms. The molecule has 1 atom stereocenters. The van der Waals surface area contributed by atoms with Gasteiger partial charge in [-0.1, -0.05) is 0 Å². The first kappa shape index (κ1) is 15.0. The molecule has 0 aromatic rings. The summed E-state index contributed by atoms with van der Waals surface area (Å²) in [5, 5.41) is 3.19. The van der Waals surface area contributed by atoms with Crippen LogP contribution in [-0.4, -0.2) is 37.9 Å². The molecule has 1 N–H and O–H groups in total. The molecule has 15 heavy (non-hydrogen) atoms. The number of hydrogen-bond acceptors (Lipinski definition) is 2. The van der Waals surface area contributed by atoms with Crippen molar-refractivity contribution < 1.29 is 17.9 Å². The second-order valence-corrected chi connectivity index (χ2v) is 4.09. The van der Waals surface area contributed by atoms with E-state index in [9.17, 15) is 13.2 Å². The number of ether oxygens (including phenoxy) is 1. The SMILES string of the molecule is CC(Cl)CCNCCCOCC(F)(F)F. The van der Waals surface area contributed by atoms with Gasteiger partial charge in [0.15, 0.2) is 0 Å².